The van der Waals surface area contributed by atoms with Gasteiger partial charge in [0.15, 0.2) is 0 Å². The normalized spacial score (nSPS) is 9.74. The Balaban J connectivity index is -0.000000242. The molecule has 0 fully saturated rings. The summed E-state index contributed by atoms with van der Waals surface area (Å²) in [5.74, 6) is -6.22. The lowest BCUT2D eigenvalue weighted by molar-refractivity contribution is -0.162. The van der Waals surface area contributed by atoms with E-state index in [4.69, 9.17) is 28.4 Å². The van der Waals surface area contributed by atoms with Crippen LogP contribution in [0.3, 0.4) is 0 Å². The van der Waals surface area contributed by atoms with E-state index in [-0.39, 0.29) is 74.8 Å². The molecule has 0 aliphatic carbocycles. The Bertz CT molecular complexity index is 2320. The molecule has 24 nitrogen and oxygen atoms in total. The predicted molar refractivity (Wildman–Crippen MR) is 341 cm³/mol. The second-order valence-corrected chi connectivity index (χ2v) is 19.8. The molecule has 0 atom stereocenters. The average molecular weight is 1290 g/mol. The number of ether oxygens (including phenoxy) is 12. The molecule has 510 valence electrons. The van der Waals surface area contributed by atoms with Gasteiger partial charge in [-0.05, 0) is 53.4 Å². The van der Waals surface area contributed by atoms with Gasteiger partial charge in [-0.25, -0.2) is 57.5 Å². The molecular weight excluding hydrogens is 1190 g/mol. The molecule has 0 aliphatic heterocycles. The minimum atomic E-state index is -0.637. The third-order valence-electron chi connectivity index (χ3n) is 11.0. The third kappa shape index (κ3) is 56.8. The summed E-state index contributed by atoms with van der Waals surface area (Å²) < 4.78 is 57.2. The van der Waals surface area contributed by atoms with Crippen molar-refractivity contribution in [3.63, 3.8) is 0 Å². The molecule has 0 N–H and O–H groups in total. The van der Waals surface area contributed by atoms with Crippen molar-refractivity contribution in [2.24, 2.45) is 16.2 Å². The van der Waals surface area contributed by atoms with Crippen LogP contribution in [0.5, 0.6) is 0 Å². The zero-order valence-corrected chi connectivity index (χ0v) is 55.1. The highest BCUT2D eigenvalue weighted by atomic mass is 16.7. The summed E-state index contributed by atoms with van der Waals surface area (Å²) in [4.78, 5) is 130. The predicted octanol–water partition coefficient (Wildman–Crippen LogP) is 10.3. The number of carbonyl (C=O) groups is 12. The fourth-order valence-electron chi connectivity index (χ4n) is 5.23. The summed E-state index contributed by atoms with van der Waals surface area (Å²) >= 11 is 0. The minimum absolute atomic E-state index is 0.0322. The van der Waals surface area contributed by atoms with Crippen LogP contribution < -0.4 is 0 Å². The first-order valence-corrected chi connectivity index (χ1v) is 28.2. The summed E-state index contributed by atoms with van der Waals surface area (Å²) in [5, 5.41) is 0. The highest BCUT2D eigenvalue weighted by molar-refractivity contribution is 5.89. The number of hydrogen-bond donors (Lipinski definition) is 0. The second-order valence-electron chi connectivity index (χ2n) is 19.8. The molecule has 0 aromatic rings. The lowest BCUT2D eigenvalue weighted by atomic mass is 9.81. The van der Waals surface area contributed by atoms with Crippen LogP contribution in [0, 0.1) is 16.2 Å². The van der Waals surface area contributed by atoms with Crippen molar-refractivity contribution in [1.29, 1.82) is 0 Å². The summed E-state index contributed by atoms with van der Waals surface area (Å²) in [6, 6.07) is 0. The van der Waals surface area contributed by atoms with E-state index in [1.807, 2.05) is 27.7 Å². The Kier molecular flexibility index (Phi) is 58.0. The van der Waals surface area contributed by atoms with Crippen molar-refractivity contribution in [2.75, 3.05) is 66.4 Å². The molecule has 0 radical (unpaired) electrons. The van der Waals surface area contributed by atoms with E-state index in [0.717, 1.165) is 100.0 Å². The molecule has 0 aromatic heterocycles. The molecule has 0 unspecified atom stereocenters. The van der Waals surface area contributed by atoms with Gasteiger partial charge in [0.05, 0.1) is 13.2 Å². The number of hydrogen-bond acceptors (Lipinski definition) is 24. The smallest absolute Gasteiger partial charge is 0.335 e. The van der Waals surface area contributed by atoms with Gasteiger partial charge in [-0.2, -0.15) is 0 Å². The van der Waals surface area contributed by atoms with Crippen molar-refractivity contribution < 1.29 is 114 Å². The highest BCUT2D eigenvalue weighted by Crippen LogP contribution is 2.32. The van der Waals surface area contributed by atoms with Gasteiger partial charge in [0.25, 0.3) is 0 Å². The molecule has 0 bridgehead atoms. The number of rotatable bonds is 39. The van der Waals surface area contributed by atoms with Crippen molar-refractivity contribution in [1.82, 2.24) is 0 Å². The van der Waals surface area contributed by atoms with Gasteiger partial charge in [0.2, 0.25) is 13.6 Å². The van der Waals surface area contributed by atoms with E-state index in [1.165, 1.54) is 13.8 Å². The monoisotopic (exact) mass is 1290 g/mol. The Hall–Kier alpha value is -9.48. The number of carbonyl (C=O) groups excluding carboxylic acids is 12. The lowest BCUT2D eigenvalue weighted by Gasteiger charge is -2.31. The van der Waals surface area contributed by atoms with Crippen molar-refractivity contribution in [3.8, 4) is 0 Å². The van der Waals surface area contributed by atoms with Gasteiger partial charge < -0.3 is 56.8 Å². The van der Waals surface area contributed by atoms with E-state index in [1.54, 1.807) is 13.8 Å². The molecule has 0 saturated carbocycles. The van der Waals surface area contributed by atoms with Crippen LogP contribution in [0.1, 0.15) is 121 Å². The largest absolute Gasteiger partial charge is 0.462 e. The summed E-state index contributed by atoms with van der Waals surface area (Å²) in [7, 11) is 0. The maximum absolute atomic E-state index is 11.6. The standard InChI is InChI=1S/C17H28O4.C15H24O4.C11H16O4.C9H12O4.C8H10O4.C7H8O4/c1-7-9-10-17(8-2,11-20-15(18)13(3)4)12-21-16(19)14(5)6;1-5-9-10-15(8-4,11-18-13(16)6-2)12-19-14(17)7-3;1-5-9(12)14-7-11(3,4)8-15-10(13)6-2;1-6(2)8(10)12-5-13-9(11)7(3)4;1-3-7(9)11-5-6-12-8(10)4-2;1-3-6(8)10-5-11-7(9)4-2/h3,5,7-12H2,1-2,4,6H3;6-7H,2-3,5,8-12H2,1,4H3;5-6H,1-2,7-8H2,3-4H3;1,3,5H2,2,4H3;3-4H,1-2,5-6H2;3-4H,1-2,5H2. The quantitative estimate of drug-likeness (QED) is 0.0181. The van der Waals surface area contributed by atoms with Gasteiger partial charge in [-0.15, -0.1) is 0 Å². The van der Waals surface area contributed by atoms with Crippen LogP contribution in [-0.4, -0.2) is 138 Å². The van der Waals surface area contributed by atoms with Crippen LogP contribution in [-0.2, 0) is 114 Å². The molecule has 91 heavy (non-hydrogen) atoms. The SMILES string of the molecule is C=C(C)C(=O)OCC(CC)(CCCC)COC(=O)C(=C)C.C=C(C)C(=O)OCOC(=O)C(=C)C.C=CC(=O)OCC(C)(C)COC(=O)C=C.C=CC(=O)OCC(CC)(CCCC)COC(=O)C=C.C=CC(=O)OCCOC(=O)C=C.C=CC(=O)OCOC(=O)C=C. The van der Waals surface area contributed by atoms with E-state index in [2.05, 4.69) is 121 Å². The first-order chi connectivity index (χ1) is 42.6. The summed E-state index contributed by atoms with van der Waals surface area (Å²) in [6.45, 7) is 58.4. The zero-order chi connectivity index (χ0) is 71.6. The maximum atomic E-state index is 11.6. The van der Waals surface area contributed by atoms with Crippen LogP contribution in [0.4, 0.5) is 0 Å². The molecule has 0 aliphatic rings. The van der Waals surface area contributed by atoms with Gasteiger partial charge in [0.1, 0.15) is 39.6 Å². The lowest BCUT2D eigenvalue weighted by Crippen LogP contribution is -2.34. The van der Waals surface area contributed by atoms with Crippen molar-refractivity contribution in [3.05, 3.63) is 150 Å². The second kappa shape index (κ2) is 57.0. The van der Waals surface area contributed by atoms with Crippen molar-refractivity contribution >= 4 is 71.6 Å². The highest BCUT2D eigenvalue weighted by Gasteiger charge is 2.33. The van der Waals surface area contributed by atoms with Gasteiger partial charge >= 0.3 is 71.6 Å². The van der Waals surface area contributed by atoms with Gasteiger partial charge in [-0.3, -0.25) is 0 Å². The molecule has 0 amide bonds. The van der Waals surface area contributed by atoms with Crippen LogP contribution >= 0.6 is 0 Å². The molecule has 0 rings (SSSR count). The first kappa shape index (κ1) is 92.7. The average Bonchev–Trinajstić information content (AvgIpc) is 1.49. The molecule has 24 heteroatoms. The Labute approximate surface area is 537 Å². The van der Waals surface area contributed by atoms with Crippen LogP contribution in [0.2, 0.25) is 0 Å². The van der Waals surface area contributed by atoms with Gasteiger partial charge in [-0.1, -0.05) is 146 Å². The maximum Gasteiger partial charge on any atom is 0.335 e. The zero-order valence-electron chi connectivity index (χ0n) is 55.1. The molecule has 0 saturated heterocycles. The molecule has 0 heterocycles. The Morgan fingerprint density at radius 3 is 0.747 bits per heavy atom. The molecule has 0 aromatic carbocycles. The number of unbranched alkanes of at least 4 members (excludes halogenated alkanes) is 2. The van der Waals surface area contributed by atoms with E-state index < -0.39 is 90.6 Å². The Morgan fingerprint density at radius 1 is 0.308 bits per heavy atom. The topological polar surface area (TPSA) is 316 Å². The first-order valence-electron chi connectivity index (χ1n) is 28.2. The fourth-order valence-corrected chi connectivity index (χ4v) is 5.23. The minimum Gasteiger partial charge on any atom is -0.462 e. The van der Waals surface area contributed by atoms with Crippen LogP contribution in [0.15, 0.2) is 150 Å². The van der Waals surface area contributed by atoms with E-state index in [0.29, 0.717) is 11.1 Å². The third-order valence-corrected chi connectivity index (χ3v) is 11.0. The van der Waals surface area contributed by atoms with Crippen LogP contribution in [0.25, 0.3) is 0 Å². The summed E-state index contributed by atoms with van der Waals surface area (Å²) in [6.07, 6.45) is 15.7. The molecule has 0 spiro atoms. The Morgan fingerprint density at radius 2 is 0.516 bits per heavy atom. The van der Waals surface area contributed by atoms with E-state index >= 15 is 0 Å². The van der Waals surface area contributed by atoms with Crippen molar-refractivity contribution in [2.45, 2.75) is 121 Å². The number of esters is 12. The fraction of sp³-hybridized carbons (Fsp3) is 0.463. The van der Waals surface area contributed by atoms with Gasteiger partial charge in [0, 0.05) is 87.1 Å². The molecular formula is C67H98O24. The van der Waals surface area contributed by atoms with E-state index in [9.17, 15) is 57.5 Å². The summed E-state index contributed by atoms with van der Waals surface area (Å²) in [5.41, 5.74) is 0.165.